The molecule has 0 unspecified atom stereocenters. The molecule has 1 heterocycles. The molecule has 1 atom stereocenters. The van der Waals surface area contributed by atoms with Crippen LogP contribution in [0.5, 0.6) is 0 Å². The van der Waals surface area contributed by atoms with E-state index in [0.717, 1.165) is 11.1 Å². The molecule has 0 N–H and O–H groups in total. The molecule has 0 saturated carbocycles. The first kappa shape index (κ1) is 20.0. The van der Waals surface area contributed by atoms with E-state index in [1.54, 1.807) is 0 Å². The summed E-state index contributed by atoms with van der Waals surface area (Å²) < 4.78 is 18.0. The number of hydrogen-bond donors (Lipinski definition) is 0. The topological polar surface area (TPSA) is 44.8 Å². The van der Waals surface area contributed by atoms with Gasteiger partial charge >= 0.3 is 13.1 Å². The Labute approximate surface area is 152 Å². The maximum Gasteiger partial charge on any atom is 0.466 e. The van der Waals surface area contributed by atoms with E-state index in [1.807, 2.05) is 79.7 Å². The first-order chi connectivity index (χ1) is 11.3. The molecule has 2 rings (SSSR count). The maximum absolute atomic E-state index is 12.5. The minimum atomic E-state index is -0.511. The Bertz CT molecular complexity index is 615. The van der Waals surface area contributed by atoms with Crippen molar-refractivity contribution in [2.24, 2.45) is 0 Å². The second-order valence-electron chi connectivity index (χ2n) is 8.88. The molecule has 1 aliphatic rings. The lowest BCUT2D eigenvalue weighted by Crippen LogP contribution is -2.41. The molecular formula is C20H31BO4. The van der Waals surface area contributed by atoms with Gasteiger partial charge in [-0.1, -0.05) is 24.3 Å². The molecule has 0 aliphatic carbocycles. The summed E-state index contributed by atoms with van der Waals surface area (Å²) in [5, 5.41) is 0. The second kappa shape index (κ2) is 6.77. The van der Waals surface area contributed by atoms with Crippen LogP contribution in [0, 0.1) is 6.92 Å². The van der Waals surface area contributed by atoms with Crippen LogP contribution in [0.25, 0.3) is 0 Å². The van der Waals surface area contributed by atoms with Gasteiger partial charge in [0.05, 0.1) is 17.6 Å². The van der Waals surface area contributed by atoms with Crippen molar-refractivity contribution >= 4 is 13.1 Å². The maximum atomic E-state index is 12.5. The summed E-state index contributed by atoms with van der Waals surface area (Å²) in [6.07, 6.45) is 0.221. The molecule has 0 spiro atoms. The van der Waals surface area contributed by atoms with E-state index in [4.69, 9.17) is 14.0 Å². The van der Waals surface area contributed by atoms with Crippen LogP contribution in [-0.4, -0.2) is 29.9 Å². The molecule has 5 heteroatoms. The van der Waals surface area contributed by atoms with Crippen LogP contribution in [-0.2, 0) is 18.8 Å². The summed E-state index contributed by atoms with van der Waals surface area (Å²) in [7, 11) is -0.487. The zero-order valence-corrected chi connectivity index (χ0v) is 16.8. The Kier molecular flexibility index (Phi) is 5.41. The third-order valence-corrected chi connectivity index (χ3v) is 4.99. The van der Waals surface area contributed by atoms with Crippen molar-refractivity contribution in [3.05, 3.63) is 35.4 Å². The quantitative estimate of drug-likeness (QED) is 0.597. The Morgan fingerprint density at radius 1 is 1.12 bits per heavy atom. The third-order valence-electron chi connectivity index (χ3n) is 4.99. The van der Waals surface area contributed by atoms with Crippen LogP contribution in [0.2, 0.25) is 0 Å². The van der Waals surface area contributed by atoms with Gasteiger partial charge in [-0.25, -0.2) is 0 Å². The first-order valence-corrected chi connectivity index (χ1v) is 8.95. The standard InChI is InChI=1S/C20H31BO4/c1-14-11-9-10-12-15(14)16(13-17(22)23-18(2,3)4)21-24-19(5,6)20(7,8)25-21/h9-12,16H,13H2,1-8H3/t16-/m0/s1. The number of aryl methyl sites for hydroxylation is 1. The minimum absolute atomic E-state index is 0.211. The van der Waals surface area contributed by atoms with Crippen molar-refractivity contribution in [3.8, 4) is 0 Å². The van der Waals surface area contributed by atoms with Gasteiger partial charge in [0.15, 0.2) is 0 Å². The highest BCUT2D eigenvalue weighted by molar-refractivity contribution is 6.48. The van der Waals surface area contributed by atoms with Gasteiger partial charge in [-0.3, -0.25) is 4.79 Å². The molecule has 0 aromatic heterocycles. The lowest BCUT2D eigenvalue weighted by molar-refractivity contribution is -0.155. The Hall–Kier alpha value is -1.33. The molecule has 1 saturated heterocycles. The average Bonchev–Trinajstić information content (AvgIpc) is 2.63. The van der Waals surface area contributed by atoms with Gasteiger partial charge in [-0.05, 0) is 66.5 Å². The van der Waals surface area contributed by atoms with Gasteiger partial charge in [-0.15, -0.1) is 0 Å². The van der Waals surface area contributed by atoms with Crippen molar-refractivity contribution in [2.75, 3.05) is 0 Å². The minimum Gasteiger partial charge on any atom is -0.460 e. The molecule has 0 bridgehead atoms. The van der Waals surface area contributed by atoms with Crippen LogP contribution in [0.3, 0.4) is 0 Å². The highest BCUT2D eigenvalue weighted by Gasteiger charge is 2.54. The number of benzene rings is 1. The lowest BCUT2D eigenvalue weighted by Gasteiger charge is -2.32. The molecule has 1 fully saturated rings. The van der Waals surface area contributed by atoms with Crippen molar-refractivity contribution in [3.63, 3.8) is 0 Å². The summed E-state index contributed by atoms with van der Waals surface area (Å²) in [6.45, 7) is 15.8. The number of carbonyl (C=O) groups is 1. The number of hydrogen-bond acceptors (Lipinski definition) is 4. The zero-order chi connectivity index (χ0) is 19.0. The molecule has 1 aliphatic heterocycles. The summed E-state index contributed by atoms with van der Waals surface area (Å²) in [5.74, 6) is -0.451. The molecular weight excluding hydrogens is 315 g/mol. The van der Waals surface area contributed by atoms with Gasteiger partial charge in [-0.2, -0.15) is 0 Å². The average molecular weight is 346 g/mol. The van der Waals surface area contributed by atoms with Gasteiger partial charge in [0, 0.05) is 5.82 Å². The van der Waals surface area contributed by atoms with E-state index in [2.05, 4.69) is 0 Å². The molecule has 1 aromatic carbocycles. The van der Waals surface area contributed by atoms with E-state index >= 15 is 0 Å². The SMILES string of the molecule is Cc1ccccc1[C@H](CC(=O)OC(C)(C)C)B1OC(C)(C)C(C)(C)O1. The fraction of sp³-hybridized carbons (Fsp3) is 0.650. The Morgan fingerprint density at radius 2 is 1.64 bits per heavy atom. The number of carbonyl (C=O) groups excluding carboxylic acids is 1. The number of ether oxygens (including phenoxy) is 1. The van der Waals surface area contributed by atoms with Crippen LogP contribution in [0.1, 0.15) is 71.8 Å². The summed E-state index contributed by atoms with van der Waals surface area (Å²) >= 11 is 0. The summed E-state index contributed by atoms with van der Waals surface area (Å²) in [5.41, 5.74) is 0.792. The predicted octanol–water partition coefficient (Wildman–Crippen LogP) is 4.44. The molecule has 25 heavy (non-hydrogen) atoms. The molecule has 0 amide bonds. The van der Waals surface area contributed by atoms with Gasteiger partial charge in [0.2, 0.25) is 0 Å². The van der Waals surface area contributed by atoms with Gasteiger partial charge in [0.25, 0.3) is 0 Å². The smallest absolute Gasteiger partial charge is 0.460 e. The number of rotatable bonds is 4. The van der Waals surface area contributed by atoms with Crippen molar-refractivity contribution in [1.29, 1.82) is 0 Å². The fourth-order valence-electron chi connectivity index (χ4n) is 2.97. The molecule has 138 valence electrons. The molecule has 0 radical (unpaired) electrons. The second-order valence-corrected chi connectivity index (χ2v) is 8.88. The normalized spacial score (nSPS) is 20.4. The van der Waals surface area contributed by atoms with Gasteiger partial charge < -0.3 is 14.0 Å². The first-order valence-electron chi connectivity index (χ1n) is 8.95. The largest absolute Gasteiger partial charge is 0.466 e. The van der Waals surface area contributed by atoms with Crippen LogP contribution >= 0.6 is 0 Å². The number of esters is 1. The predicted molar refractivity (Wildman–Crippen MR) is 100 cm³/mol. The van der Waals surface area contributed by atoms with E-state index in [0.29, 0.717) is 0 Å². The Balaban J connectivity index is 2.31. The van der Waals surface area contributed by atoms with E-state index in [-0.39, 0.29) is 18.2 Å². The van der Waals surface area contributed by atoms with E-state index in [1.165, 1.54) is 0 Å². The summed E-state index contributed by atoms with van der Waals surface area (Å²) in [6, 6.07) is 8.06. The van der Waals surface area contributed by atoms with Gasteiger partial charge in [0.1, 0.15) is 5.60 Å². The third kappa shape index (κ3) is 4.65. The zero-order valence-electron chi connectivity index (χ0n) is 16.8. The highest BCUT2D eigenvalue weighted by Crippen LogP contribution is 2.42. The van der Waals surface area contributed by atoms with Crippen molar-refractivity contribution < 1.29 is 18.8 Å². The Morgan fingerprint density at radius 3 is 2.12 bits per heavy atom. The van der Waals surface area contributed by atoms with Crippen molar-refractivity contribution in [1.82, 2.24) is 0 Å². The van der Waals surface area contributed by atoms with Crippen LogP contribution in [0.4, 0.5) is 0 Å². The fourth-order valence-corrected chi connectivity index (χ4v) is 2.97. The monoisotopic (exact) mass is 346 g/mol. The van der Waals surface area contributed by atoms with Crippen LogP contribution < -0.4 is 0 Å². The molecule has 1 aromatic rings. The molecule has 4 nitrogen and oxygen atoms in total. The lowest BCUT2D eigenvalue weighted by atomic mass is 9.65. The summed E-state index contributed by atoms with van der Waals surface area (Å²) in [4.78, 5) is 12.5. The van der Waals surface area contributed by atoms with Crippen LogP contribution in [0.15, 0.2) is 24.3 Å². The highest BCUT2D eigenvalue weighted by atomic mass is 16.7. The van der Waals surface area contributed by atoms with E-state index in [9.17, 15) is 4.79 Å². The van der Waals surface area contributed by atoms with Crippen molar-refractivity contribution in [2.45, 2.75) is 84.4 Å². The van der Waals surface area contributed by atoms with E-state index < -0.39 is 23.9 Å².